The van der Waals surface area contributed by atoms with Crippen molar-refractivity contribution in [3.05, 3.63) is 59.9 Å². The van der Waals surface area contributed by atoms with Crippen molar-refractivity contribution in [2.45, 2.75) is 31.5 Å². The van der Waals surface area contributed by atoms with Gasteiger partial charge in [-0.05, 0) is 44.2 Å². The van der Waals surface area contributed by atoms with Crippen molar-refractivity contribution in [1.82, 2.24) is 14.8 Å². The van der Waals surface area contributed by atoms with Gasteiger partial charge >= 0.3 is 12.2 Å². The molecule has 0 saturated carbocycles. The second-order valence-corrected chi connectivity index (χ2v) is 7.27. The van der Waals surface area contributed by atoms with E-state index in [0.29, 0.717) is 13.1 Å². The lowest BCUT2D eigenvalue weighted by atomic mass is 10.0. The van der Waals surface area contributed by atoms with E-state index in [1.165, 1.54) is 18.2 Å². The zero-order valence-electron chi connectivity index (χ0n) is 16.3. The number of urea groups is 1. The number of likely N-dealkylation sites (N-methyl/N-ethyl adjacent to an activating group) is 1. The SMILES string of the molecule is CN(CCc1ccccn1)[C@@H]1CCCN(C(=O)Nc2ccccc2C(F)(F)F)C1. The fourth-order valence-electron chi connectivity index (χ4n) is 3.55. The number of hydrogen-bond acceptors (Lipinski definition) is 3. The van der Waals surface area contributed by atoms with Crippen LogP contribution in [0.15, 0.2) is 48.7 Å². The highest BCUT2D eigenvalue weighted by Gasteiger charge is 2.34. The summed E-state index contributed by atoms with van der Waals surface area (Å²) in [7, 11) is 2.01. The van der Waals surface area contributed by atoms with E-state index in [0.717, 1.165) is 37.6 Å². The Balaban J connectivity index is 1.58. The molecule has 2 heterocycles. The highest BCUT2D eigenvalue weighted by Crippen LogP contribution is 2.34. The van der Waals surface area contributed by atoms with E-state index in [9.17, 15) is 18.0 Å². The maximum absolute atomic E-state index is 13.2. The number of halogens is 3. The highest BCUT2D eigenvalue weighted by molar-refractivity contribution is 5.90. The molecular weight excluding hydrogens is 381 g/mol. The molecule has 0 radical (unpaired) electrons. The van der Waals surface area contributed by atoms with Crippen molar-refractivity contribution in [3.63, 3.8) is 0 Å². The van der Waals surface area contributed by atoms with Gasteiger partial charge < -0.3 is 15.1 Å². The van der Waals surface area contributed by atoms with E-state index < -0.39 is 17.8 Å². The number of carbonyl (C=O) groups is 1. The van der Waals surface area contributed by atoms with E-state index >= 15 is 0 Å². The first kappa shape index (κ1) is 21.1. The Bertz CT molecular complexity index is 813. The highest BCUT2D eigenvalue weighted by atomic mass is 19.4. The lowest BCUT2D eigenvalue weighted by molar-refractivity contribution is -0.136. The molecule has 0 bridgehead atoms. The number of piperidine rings is 1. The molecule has 3 rings (SSSR count). The van der Waals surface area contributed by atoms with Crippen LogP contribution in [0, 0.1) is 0 Å². The van der Waals surface area contributed by atoms with Crippen LogP contribution in [-0.2, 0) is 12.6 Å². The molecule has 1 atom stereocenters. The number of pyridine rings is 1. The average molecular weight is 406 g/mol. The van der Waals surface area contributed by atoms with Crippen LogP contribution in [0.5, 0.6) is 0 Å². The van der Waals surface area contributed by atoms with Crippen molar-refractivity contribution in [3.8, 4) is 0 Å². The number of nitrogens with one attached hydrogen (secondary N) is 1. The second kappa shape index (κ2) is 9.26. The molecule has 1 N–H and O–H groups in total. The van der Waals surface area contributed by atoms with Crippen molar-refractivity contribution in [2.24, 2.45) is 0 Å². The third-order valence-corrected chi connectivity index (χ3v) is 5.23. The second-order valence-electron chi connectivity index (χ2n) is 7.27. The van der Waals surface area contributed by atoms with Gasteiger partial charge in [0.25, 0.3) is 0 Å². The molecule has 0 spiro atoms. The molecule has 1 aliphatic heterocycles. The van der Waals surface area contributed by atoms with Gasteiger partial charge in [0.2, 0.25) is 0 Å². The Morgan fingerprint density at radius 2 is 2.00 bits per heavy atom. The van der Waals surface area contributed by atoms with Crippen molar-refractivity contribution < 1.29 is 18.0 Å². The first-order valence-corrected chi connectivity index (χ1v) is 9.67. The lowest BCUT2D eigenvalue weighted by Gasteiger charge is -2.37. The minimum absolute atomic E-state index is 0.163. The Morgan fingerprint density at radius 3 is 2.72 bits per heavy atom. The number of benzene rings is 1. The summed E-state index contributed by atoms with van der Waals surface area (Å²) in [5, 5.41) is 2.44. The summed E-state index contributed by atoms with van der Waals surface area (Å²) in [5.41, 5.74) is -0.0430. The van der Waals surface area contributed by atoms with E-state index in [2.05, 4.69) is 15.2 Å². The summed E-state index contributed by atoms with van der Waals surface area (Å²) in [4.78, 5) is 20.7. The first-order valence-electron chi connectivity index (χ1n) is 9.67. The number of alkyl halides is 3. The maximum Gasteiger partial charge on any atom is 0.418 e. The van der Waals surface area contributed by atoms with E-state index in [4.69, 9.17) is 0 Å². The largest absolute Gasteiger partial charge is 0.418 e. The number of rotatable bonds is 5. The van der Waals surface area contributed by atoms with Gasteiger partial charge in [0.05, 0.1) is 11.3 Å². The molecule has 1 aromatic carbocycles. The zero-order valence-corrected chi connectivity index (χ0v) is 16.3. The minimum atomic E-state index is -4.51. The molecule has 1 aliphatic rings. The van der Waals surface area contributed by atoms with Crippen LogP contribution in [0.25, 0.3) is 0 Å². The van der Waals surface area contributed by atoms with Crippen molar-refractivity contribution in [1.29, 1.82) is 0 Å². The summed E-state index contributed by atoms with van der Waals surface area (Å²) in [6.45, 7) is 1.82. The van der Waals surface area contributed by atoms with Crippen LogP contribution >= 0.6 is 0 Å². The van der Waals surface area contributed by atoms with E-state index in [1.807, 2.05) is 25.2 Å². The van der Waals surface area contributed by atoms with Gasteiger partial charge in [-0.3, -0.25) is 4.98 Å². The number of likely N-dealkylation sites (tertiary alicyclic amines) is 1. The van der Waals surface area contributed by atoms with Gasteiger partial charge in [-0.1, -0.05) is 18.2 Å². The fraction of sp³-hybridized carbons (Fsp3) is 0.429. The molecule has 0 unspecified atom stereocenters. The zero-order chi connectivity index (χ0) is 20.9. The summed E-state index contributed by atoms with van der Waals surface area (Å²) in [6, 6.07) is 10.5. The number of carbonyl (C=O) groups excluding carboxylic acids is 1. The Labute approximate surface area is 168 Å². The van der Waals surface area contributed by atoms with E-state index in [-0.39, 0.29) is 11.7 Å². The smallest absolute Gasteiger partial charge is 0.323 e. The standard InChI is InChI=1S/C21H25F3N4O/c1-27(14-11-16-7-4-5-12-25-16)17-8-6-13-28(15-17)20(29)26-19-10-3-2-9-18(19)21(22,23)24/h2-5,7,9-10,12,17H,6,8,11,13-15H2,1H3,(H,26,29)/t17-/m1/s1. The molecule has 1 fully saturated rings. The maximum atomic E-state index is 13.2. The molecule has 5 nitrogen and oxygen atoms in total. The summed E-state index contributed by atoms with van der Waals surface area (Å²) >= 11 is 0. The van der Waals surface area contributed by atoms with Crippen LogP contribution < -0.4 is 5.32 Å². The number of aromatic nitrogens is 1. The monoisotopic (exact) mass is 406 g/mol. The van der Waals surface area contributed by atoms with Gasteiger partial charge in [-0.25, -0.2) is 4.79 Å². The number of nitrogens with zero attached hydrogens (tertiary/aromatic N) is 3. The molecule has 2 amide bonds. The Hall–Kier alpha value is -2.61. The van der Waals surface area contributed by atoms with Gasteiger partial charge in [0.15, 0.2) is 0 Å². The van der Waals surface area contributed by atoms with Gasteiger partial charge in [0, 0.05) is 44.0 Å². The van der Waals surface area contributed by atoms with Gasteiger partial charge in [-0.15, -0.1) is 0 Å². The molecule has 156 valence electrons. The lowest BCUT2D eigenvalue weighted by Crippen LogP contribution is -2.50. The number of hydrogen-bond donors (Lipinski definition) is 1. The molecule has 29 heavy (non-hydrogen) atoms. The average Bonchev–Trinajstić information content (AvgIpc) is 2.72. The first-order chi connectivity index (χ1) is 13.8. The van der Waals surface area contributed by atoms with Crippen LogP contribution in [0.4, 0.5) is 23.7 Å². The van der Waals surface area contributed by atoms with Crippen LogP contribution in [0.1, 0.15) is 24.1 Å². The van der Waals surface area contributed by atoms with Crippen LogP contribution in [0.3, 0.4) is 0 Å². The predicted molar refractivity (Wildman–Crippen MR) is 106 cm³/mol. The predicted octanol–water partition coefficient (Wildman–Crippen LogP) is 4.27. The van der Waals surface area contributed by atoms with E-state index in [1.54, 1.807) is 11.1 Å². The number of para-hydroxylation sites is 1. The molecular formula is C21H25F3N4O. The summed E-state index contributed by atoms with van der Waals surface area (Å²) < 4.78 is 39.5. The quantitative estimate of drug-likeness (QED) is 0.807. The normalized spacial score (nSPS) is 17.4. The van der Waals surface area contributed by atoms with Gasteiger partial charge in [-0.2, -0.15) is 13.2 Å². The minimum Gasteiger partial charge on any atom is -0.323 e. The van der Waals surface area contributed by atoms with Crippen LogP contribution in [-0.4, -0.2) is 53.5 Å². The molecule has 1 saturated heterocycles. The Kier molecular flexibility index (Phi) is 6.74. The third kappa shape index (κ3) is 5.69. The van der Waals surface area contributed by atoms with Crippen LogP contribution in [0.2, 0.25) is 0 Å². The molecule has 2 aromatic rings. The number of amides is 2. The van der Waals surface area contributed by atoms with Crippen molar-refractivity contribution in [2.75, 3.05) is 32.0 Å². The van der Waals surface area contributed by atoms with Crippen molar-refractivity contribution >= 4 is 11.7 Å². The number of anilines is 1. The molecule has 1 aromatic heterocycles. The van der Waals surface area contributed by atoms with Gasteiger partial charge in [0.1, 0.15) is 0 Å². The topological polar surface area (TPSA) is 48.5 Å². The summed E-state index contributed by atoms with van der Waals surface area (Å²) in [5.74, 6) is 0. The summed E-state index contributed by atoms with van der Waals surface area (Å²) in [6.07, 6.45) is -0.186. The third-order valence-electron chi connectivity index (χ3n) is 5.23. The molecule has 8 heteroatoms. The molecule has 0 aliphatic carbocycles. The fourth-order valence-corrected chi connectivity index (χ4v) is 3.55. The Morgan fingerprint density at radius 1 is 1.24 bits per heavy atom.